The van der Waals surface area contributed by atoms with Gasteiger partial charge in [-0.1, -0.05) is 23.7 Å². The highest BCUT2D eigenvalue weighted by molar-refractivity contribution is 6.30. The molecule has 0 aliphatic heterocycles. The molecule has 0 saturated heterocycles. The third-order valence-corrected chi connectivity index (χ3v) is 5.54. The Bertz CT molecular complexity index is 1350. The molecule has 0 spiro atoms. The van der Waals surface area contributed by atoms with Gasteiger partial charge in [-0.15, -0.1) is 0 Å². The van der Waals surface area contributed by atoms with Crippen LogP contribution in [0, 0.1) is 13.8 Å². The van der Waals surface area contributed by atoms with Gasteiger partial charge < -0.3 is 4.57 Å². The highest BCUT2D eigenvalue weighted by Gasteiger charge is 2.23. The van der Waals surface area contributed by atoms with Crippen molar-refractivity contribution < 1.29 is 0 Å². The molecule has 0 bridgehead atoms. The molecule has 0 fully saturated rings. The highest BCUT2D eigenvalue weighted by Crippen LogP contribution is 2.24. The van der Waals surface area contributed by atoms with Gasteiger partial charge in [-0.3, -0.25) is 18.3 Å². The van der Waals surface area contributed by atoms with Crippen LogP contribution in [0.4, 0.5) is 0 Å². The van der Waals surface area contributed by atoms with Gasteiger partial charge in [0.05, 0.1) is 6.54 Å². The minimum atomic E-state index is -0.399. The lowest BCUT2D eigenvalue weighted by atomic mass is 10.2. The van der Waals surface area contributed by atoms with E-state index in [9.17, 15) is 9.59 Å². The van der Waals surface area contributed by atoms with Crippen LogP contribution in [0.3, 0.4) is 0 Å². The topological polar surface area (TPSA) is 66.2 Å². The van der Waals surface area contributed by atoms with Crippen molar-refractivity contribution in [1.29, 1.82) is 0 Å². The average molecular weight is 400 g/mol. The molecule has 0 saturated carbocycles. The average Bonchev–Trinajstić information content (AvgIpc) is 3.13. The Hall–Kier alpha value is -2.80. The summed E-state index contributed by atoms with van der Waals surface area (Å²) in [6.45, 7) is 8.28. The van der Waals surface area contributed by atoms with Crippen molar-refractivity contribution >= 4 is 28.5 Å². The second-order valence-corrected chi connectivity index (χ2v) is 7.85. The second-order valence-electron chi connectivity index (χ2n) is 7.42. The van der Waals surface area contributed by atoms with E-state index in [1.54, 1.807) is 25.2 Å². The molecule has 0 atom stereocenters. The summed E-state index contributed by atoms with van der Waals surface area (Å²) in [5.74, 6) is 0.674. The highest BCUT2D eigenvalue weighted by atomic mass is 35.5. The van der Waals surface area contributed by atoms with Crippen molar-refractivity contribution in [2.24, 2.45) is 7.05 Å². The summed E-state index contributed by atoms with van der Waals surface area (Å²) in [4.78, 5) is 30.9. The molecule has 3 aromatic heterocycles. The van der Waals surface area contributed by atoms with Gasteiger partial charge in [0.25, 0.3) is 5.56 Å². The van der Waals surface area contributed by atoms with Crippen molar-refractivity contribution in [1.82, 2.24) is 23.1 Å². The molecular formula is C20H22ClN5O2. The van der Waals surface area contributed by atoms with Gasteiger partial charge in [0, 0.05) is 29.5 Å². The summed E-state index contributed by atoms with van der Waals surface area (Å²) in [6, 6.07) is 7.35. The maximum Gasteiger partial charge on any atom is 0.332 e. The molecule has 28 heavy (non-hydrogen) atoms. The molecule has 4 aromatic rings. The zero-order valence-corrected chi connectivity index (χ0v) is 17.3. The van der Waals surface area contributed by atoms with Crippen molar-refractivity contribution in [2.75, 3.05) is 0 Å². The monoisotopic (exact) mass is 399 g/mol. The molecule has 8 heteroatoms. The molecule has 7 nitrogen and oxygen atoms in total. The summed E-state index contributed by atoms with van der Waals surface area (Å²) in [5.41, 5.74) is 2.84. The first-order valence-electron chi connectivity index (χ1n) is 9.16. The van der Waals surface area contributed by atoms with Gasteiger partial charge in [0.1, 0.15) is 0 Å². The molecule has 0 radical (unpaired) electrons. The lowest BCUT2D eigenvalue weighted by Crippen LogP contribution is -2.39. The predicted molar refractivity (Wildman–Crippen MR) is 111 cm³/mol. The third kappa shape index (κ3) is 2.53. The summed E-state index contributed by atoms with van der Waals surface area (Å²) >= 11 is 6.06. The Morgan fingerprint density at radius 1 is 1.14 bits per heavy atom. The normalized spacial score (nSPS) is 12.0. The number of benzene rings is 1. The Morgan fingerprint density at radius 2 is 1.86 bits per heavy atom. The molecule has 0 N–H and O–H groups in total. The van der Waals surface area contributed by atoms with Crippen molar-refractivity contribution in [3.05, 3.63) is 67.1 Å². The number of halogens is 1. The summed E-state index contributed by atoms with van der Waals surface area (Å²) in [5, 5.41) is 0.565. The van der Waals surface area contributed by atoms with E-state index < -0.39 is 5.69 Å². The number of hydrogen-bond donors (Lipinski definition) is 0. The fourth-order valence-electron chi connectivity index (χ4n) is 3.85. The van der Waals surface area contributed by atoms with E-state index in [2.05, 4.69) is 23.4 Å². The van der Waals surface area contributed by atoms with Crippen LogP contribution in [0.5, 0.6) is 0 Å². The Morgan fingerprint density at radius 3 is 2.50 bits per heavy atom. The Labute approximate surface area is 166 Å². The quantitative estimate of drug-likeness (QED) is 0.531. The Kier molecular flexibility index (Phi) is 4.23. The molecule has 0 amide bonds. The molecule has 146 valence electrons. The largest absolute Gasteiger partial charge is 0.332 e. The van der Waals surface area contributed by atoms with E-state index in [1.165, 1.54) is 9.13 Å². The zero-order valence-electron chi connectivity index (χ0n) is 16.5. The van der Waals surface area contributed by atoms with Gasteiger partial charge in [-0.2, -0.15) is 4.98 Å². The number of fused-ring (bicyclic) bond motifs is 3. The summed E-state index contributed by atoms with van der Waals surface area (Å²) in [6.07, 6.45) is 0. The van der Waals surface area contributed by atoms with Crippen LogP contribution in [0.2, 0.25) is 5.02 Å². The van der Waals surface area contributed by atoms with E-state index in [0.29, 0.717) is 22.0 Å². The summed E-state index contributed by atoms with van der Waals surface area (Å²) < 4.78 is 6.62. The van der Waals surface area contributed by atoms with E-state index in [-0.39, 0.29) is 18.1 Å². The van der Waals surface area contributed by atoms with E-state index >= 15 is 0 Å². The molecule has 0 aliphatic rings. The number of aromatic nitrogens is 5. The van der Waals surface area contributed by atoms with Gasteiger partial charge in [0.15, 0.2) is 11.2 Å². The molecular weight excluding hydrogens is 378 g/mol. The third-order valence-electron chi connectivity index (χ3n) is 5.31. The van der Waals surface area contributed by atoms with Crippen LogP contribution in [-0.2, 0) is 13.6 Å². The zero-order chi connectivity index (χ0) is 20.3. The van der Waals surface area contributed by atoms with Crippen molar-refractivity contribution in [2.45, 2.75) is 40.3 Å². The Balaban J connectivity index is 2.09. The van der Waals surface area contributed by atoms with E-state index in [4.69, 9.17) is 11.6 Å². The van der Waals surface area contributed by atoms with Gasteiger partial charge in [-0.05, 0) is 45.4 Å². The fourth-order valence-corrected chi connectivity index (χ4v) is 4.06. The van der Waals surface area contributed by atoms with Crippen LogP contribution >= 0.6 is 11.6 Å². The van der Waals surface area contributed by atoms with Crippen molar-refractivity contribution in [3.8, 4) is 0 Å². The van der Waals surface area contributed by atoms with Gasteiger partial charge >= 0.3 is 5.69 Å². The predicted octanol–water partition coefficient (Wildman–Crippen LogP) is 3.05. The van der Waals surface area contributed by atoms with Crippen LogP contribution in [0.15, 0.2) is 33.9 Å². The smallest absolute Gasteiger partial charge is 0.311 e. The second kappa shape index (κ2) is 6.38. The molecule has 0 aliphatic carbocycles. The number of aryl methyl sites for hydroxylation is 2. The molecule has 1 aromatic carbocycles. The standard InChI is InChI=1S/C20H22ClN5O2/c1-11(2)25-12(3)13(4)26-16-17(22-19(25)26)23(5)20(28)24(18(16)27)10-14-7-6-8-15(21)9-14/h6-9,11H,10H2,1-5H3. The number of nitrogens with zero attached hydrogens (tertiary/aromatic N) is 5. The van der Waals surface area contributed by atoms with Crippen LogP contribution in [-0.4, -0.2) is 23.1 Å². The lowest BCUT2D eigenvalue weighted by molar-refractivity contribution is 0.600. The fraction of sp³-hybridized carbons (Fsp3) is 0.350. The first-order valence-corrected chi connectivity index (χ1v) is 9.54. The van der Waals surface area contributed by atoms with Crippen molar-refractivity contribution in [3.63, 3.8) is 0 Å². The van der Waals surface area contributed by atoms with E-state index in [0.717, 1.165) is 17.0 Å². The van der Waals surface area contributed by atoms with Crippen LogP contribution < -0.4 is 11.2 Å². The number of rotatable bonds is 3. The van der Waals surface area contributed by atoms with Crippen LogP contribution in [0.25, 0.3) is 16.9 Å². The van der Waals surface area contributed by atoms with E-state index in [1.807, 2.05) is 24.3 Å². The molecule has 4 rings (SSSR count). The van der Waals surface area contributed by atoms with Crippen LogP contribution in [0.1, 0.15) is 36.8 Å². The maximum absolute atomic E-state index is 13.4. The first-order chi connectivity index (χ1) is 13.2. The minimum Gasteiger partial charge on any atom is -0.311 e. The minimum absolute atomic E-state index is 0.151. The number of hydrogen-bond acceptors (Lipinski definition) is 3. The summed E-state index contributed by atoms with van der Waals surface area (Å²) in [7, 11) is 1.65. The number of imidazole rings is 2. The molecule has 3 heterocycles. The SMILES string of the molecule is Cc1c(C)n2c3c(=O)n(Cc4cccc(Cl)c4)c(=O)n(C)c3nc2n1C(C)C. The maximum atomic E-state index is 13.4. The van der Waals surface area contributed by atoms with Gasteiger partial charge in [0.2, 0.25) is 5.78 Å². The first kappa shape index (κ1) is 18.6. The molecule has 0 unspecified atom stereocenters. The van der Waals surface area contributed by atoms with Gasteiger partial charge in [-0.25, -0.2) is 4.79 Å². The lowest BCUT2D eigenvalue weighted by Gasteiger charge is -2.10.